The van der Waals surface area contributed by atoms with Crippen molar-refractivity contribution in [2.75, 3.05) is 31.1 Å². The van der Waals surface area contributed by atoms with E-state index in [1.807, 2.05) is 30.1 Å². The van der Waals surface area contributed by atoms with E-state index in [1.54, 1.807) is 6.33 Å². The van der Waals surface area contributed by atoms with Crippen molar-refractivity contribution in [3.63, 3.8) is 0 Å². The molecule has 5 rings (SSSR count). The first kappa shape index (κ1) is 21.8. The Balaban J connectivity index is 1.37. The molecule has 1 atom stereocenters. The number of piperazine rings is 1. The molecule has 170 valence electrons. The summed E-state index contributed by atoms with van der Waals surface area (Å²) in [6, 6.07) is 0. The van der Waals surface area contributed by atoms with Crippen LogP contribution in [0.3, 0.4) is 0 Å². The van der Waals surface area contributed by atoms with Crippen molar-refractivity contribution < 1.29 is 4.79 Å². The molecule has 0 aromatic carbocycles. The lowest BCUT2D eigenvalue weighted by atomic mass is 9.72. The maximum atomic E-state index is 13.0. The number of rotatable bonds is 2. The van der Waals surface area contributed by atoms with Crippen LogP contribution in [0.5, 0.6) is 0 Å². The number of hydrogen-bond acceptors (Lipinski definition) is 7. The van der Waals surface area contributed by atoms with Gasteiger partial charge in [0.1, 0.15) is 21.9 Å². The molecule has 2 aliphatic rings. The highest BCUT2D eigenvalue weighted by Gasteiger charge is 2.33. The zero-order chi connectivity index (χ0) is 22.6. The van der Waals surface area contributed by atoms with Gasteiger partial charge in [0.25, 0.3) is 5.91 Å². The third-order valence-corrected chi connectivity index (χ3v) is 9.24. The van der Waals surface area contributed by atoms with Gasteiger partial charge in [0, 0.05) is 31.1 Å². The fourth-order valence-corrected chi connectivity index (χ4v) is 7.22. The Morgan fingerprint density at radius 1 is 1.09 bits per heavy atom. The van der Waals surface area contributed by atoms with Crippen molar-refractivity contribution in [3.05, 3.63) is 32.3 Å². The van der Waals surface area contributed by atoms with Gasteiger partial charge >= 0.3 is 0 Å². The number of aromatic nitrogens is 3. The summed E-state index contributed by atoms with van der Waals surface area (Å²) < 4.78 is 0. The van der Waals surface area contributed by atoms with Crippen LogP contribution < -0.4 is 4.90 Å². The van der Waals surface area contributed by atoms with Crippen molar-refractivity contribution >= 4 is 44.6 Å². The van der Waals surface area contributed by atoms with Crippen molar-refractivity contribution in [2.45, 2.75) is 53.9 Å². The van der Waals surface area contributed by atoms with Crippen LogP contribution >= 0.6 is 22.7 Å². The second kappa shape index (κ2) is 8.06. The average molecular weight is 470 g/mol. The summed E-state index contributed by atoms with van der Waals surface area (Å²) >= 11 is 3.35. The van der Waals surface area contributed by atoms with E-state index in [4.69, 9.17) is 4.98 Å². The Morgan fingerprint density at radius 3 is 2.50 bits per heavy atom. The van der Waals surface area contributed by atoms with Gasteiger partial charge in [-0.15, -0.1) is 22.7 Å². The number of anilines is 1. The molecule has 1 aliphatic carbocycles. The summed E-state index contributed by atoms with van der Waals surface area (Å²) in [6.07, 6.45) is 5.20. The highest BCUT2D eigenvalue weighted by atomic mass is 32.1. The lowest BCUT2D eigenvalue weighted by molar-refractivity contribution is 0.0750. The number of carbonyl (C=O) groups excluding carboxylic acids is 1. The molecule has 0 bridgehead atoms. The number of aryl methyl sites for hydroxylation is 3. The fourth-order valence-electron chi connectivity index (χ4n) is 5.07. The standard InChI is InChI=1S/C24H31N5OS2/c1-14-20(31-15(2)27-14)23(30)29-10-8-28(9-11-29)21-19-17-7-6-16(24(3,4)5)12-18(17)32-22(19)26-13-25-21/h13,16H,6-12H2,1-5H3. The summed E-state index contributed by atoms with van der Waals surface area (Å²) in [6.45, 7) is 14.0. The number of thiophene rings is 1. The van der Waals surface area contributed by atoms with E-state index >= 15 is 0 Å². The van der Waals surface area contributed by atoms with Crippen molar-refractivity contribution in [1.29, 1.82) is 0 Å². The molecule has 0 N–H and O–H groups in total. The molecule has 0 saturated carbocycles. The topological polar surface area (TPSA) is 62.2 Å². The van der Waals surface area contributed by atoms with Gasteiger partial charge in [0.15, 0.2) is 0 Å². The Kier molecular flexibility index (Phi) is 5.48. The maximum absolute atomic E-state index is 13.0. The fraction of sp³-hybridized carbons (Fsp3) is 0.583. The molecular formula is C24H31N5OS2. The third kappa shape index (κ3) is 3.81. The van der Waals surface area contributed by atoms with Gasteiger partial charge in [-0.1, -0.05) is 20.8 Å². The Labute approximate surface area is 197 Å². The van der Waals surface area contributed by atoms with Crippen molar-refractivity contribution in [1.82, 2.24) is 19.9 Å². The van der Waals surface area contributed by atoms with Gasteiger partial charge in [0.05, 0.1) is 16.1 Å². The van der Waals surface area contributed by atoms with E-state index in [-0.39, 0.29) is 5.91 Å². The minimum atomic E-state index is 0.113. The van der Waals surface area contributed by atoms with Gasteiger partial charge in [-0.3, -0.25) is 4.79 Å². The molecular weight excluding hydrogens is 438 g/mol. The third-order valence-electron chi connectivity index (χ3n) is 7.01. The van der Waals surface area contributed by atoms with Crippen molar-refractivity contribution in [2.24, 2.45) is 11.3 Å². The van der Waals surface area contributed by atoms with E-state index in [9.17, 15) is 4.79 Å². The van der Waals surface area contributed by atoms with Crippen LogP contribution in [-0.4, -0.2) is 51.9 Å². The molecule has 6 nitrogen and oxygen atoms in total. The van der Waals surface area contributed by atoms with Crippen LogP contribution in [0.25, 0.3) is 10.2 Å². The van der Waals surface area contributed by atoms with Crippen LogP contribution in [0.1, 0.15) is 58.0 Å². The van der Waals surface area contributed by atoms with E-state index in [2.05, 4.69) is 35.6 Å². The average Bonchev–Trinajstić information content (AvgIpc) is 3.31. The minimum absolute atomic E-state index is 0.113. The molecule has 1 amide bonds. The van der Waals surface area contributed by atoms with Crippen LogP contribution in [0.2, 0.25) is 0 Å². The summed E-state index contributed by atoms with van der Waals surface area (Å²) in [5.41, 5.74) is 2.64. The molecule has 0 radical (unpaired) electrons. The monoisotopic (exact) mass is 469 g/mol. The summed E-state index contributed by atoms with van der Waals surface area (Å²) in [5.74, 6) is 1.88. The molecule has 4 heterocycles. The molecule has 1 aliphatic heterocycles. The number of hydrogen-bond donors (Lipinski definition) is 0. The highest BCUT2D eigenvalue weighted by Crippen LogP contribution is 2.44. The minimum Gasteiger partial charge on any atom is -0.352 e. The van der Waals surface area contributed by atoms with Crippen LogP contribution in [0.4, 0.5) is 5.82 Å². The summed E-state index contributed by atoms with van der Waals surface area (Å²) in [5, 5.41) is 2.21. The van der Waals surface area contributed by atoms with Crippen molar-refractivity contribution in [3.8, 4) is 0 Å². The van der Waals surface area contributed by atoms with Gasteiger partial charge < -0.3 is 9.80 Å². The number of fused-ring (bicyclic) bond motifs is 3. The predicted octanol–water partition coefficient (Wildman–Crippen LogP) is 4.88. The van der Waals surface area contributed by atoms with Gasteiger partial charge in [0.2, 0.25) is 0 Å². The van der Waals surface area contributed by atoms with Gasteiger partial charge in [-0.25, -0.2) is 15.0 Å². The molecule has 3 aromatic heterocycles. The van der Waals surface area contributed by atoms with Crippen LogP contribution in [0.15, 0.2) is 6.33 Å². The Hall–Kier alpha value is -2.06. The number of carbonyl (C=O) groups is 1. The summed E-state index contributed by atoms with van der Waals surface area (Å²) in [7, 11) is 0. The second-order valence-electron chi connectivity index (χ2n) is 10.1. The number of amides is 1. The number of nitrogens with zero attached hydrogens (tertiary/aromatic N) is 5. The number of thiazole rings is 1. The van der Waals surface area contributed by atoms with E-state index in [0.717, 1.165) is 52.2 Å². The highest BCUT2D eigenvalue weighted by molar-refractivity contribution is 7.19. The zero-order valence-corrected chi connectivity index (χ0v) is 21.2. The lowest BCUT2D eigenvalue weighted by Crippen LogP contribution is -2.49. The van der Waals surface area contributed by atoms with Gasteiger partial charge in [-0.05, 0) is 50.0 Å². The molecule has 1 unspecified atom stereocenters. The molecule has 1 fully saturated rings. The smallest absolute Gasteiger partial charge is 0.265 e. The Morgan fingerprint density at radius 2 is 1.84 bits per heavy atom. The lowest BCUT2D eigenvalue weighted by Gasteiger charge is -2.36. The molecule has 0 spiro atoms. The SMILES string of the molecule is Cc1nc(C)c(C(=O)N2CCN(c3ncnc4sc5c(c34)CCC(C(C)(C)C)C5)CC2)s1. The zero-order valence-electron chi connectivity index (χ0n) is 19.6. The molecule has 3 aromatic rings. The maximum Gasteiger partial charge on any atom is 0.265 e. The van der Waals surface area contributed by atoms with E-state index < -0.39 is 0 Å². The van der Waals surface area contributed by atoms with E-state index in [0.29, 0.717) is 24.4 Å². The largest absolute Gasteiger partial charge is 0.352 e. The quantitative estimate of drug-likeness (QED) is 0.535. The Bertz CT molecular complexity index is 1170. The normalized spacial score (nSPS) is 19.5. The summed E-state index contributed by atoms with van der Waals surface area (Å²) in [4.78, 5) is 34.5. The molecule has 32 heavy (non-hydrogen) atoms. The first-order chi connectivity index (χ1) is 15.2. The first-order valence-electron chi connectivity index (χ1n) is 11.5. The van der Waals surface area contributed by atoms with E-state index in [1.165, 1.54) is 33.6 Å². The second-order valence-corrected chi connectivity index (χ2v) is 12.4. The molecule has 8 heteroatoms. The van der Waals surface area contributed by atoms with Crippen LogP contribution in [0, 0.1) is 25.2 Å². The van der Waals surface area contributed by atoms with Gasteiger partial charge in [-0.2, -0.15) is 0 Å². The molecule has 1 saturated heterocycles. The first-order valence-corrected chi connectivity index (χ1v) is 13.1. The predicted molar refractivity (Wildman–Crippen MR) is 132 cm³/mol. The van der Waals surface area contributed by atoms with Crippen LogP contribution in [-0.2, 0) is 12.8 Å².